The van der Waals surface area contributed by atoms with Crippen molar-refractivity contribution in [1.29, 1.82) is 0 Å². The van der Waals surface area contributed by atoms with E-state index in [1.54, 1.807) is 32.0 Å². The van der Waals surface area contributed by atoms with Gasteiger partial charge in [0.05, 0.1) is 12.7 Å². The van der Waals surface area contributed by atoms with Crippen molar-refractivity contribution in [2.45, 2.75) is 63.9 Å². The molecular formula is C22H29FN3O9P. The van der Waals surface area contributed by atoms with Gasteiger partial charge in [0.25, 0.3) is 5.56 Å². The first kappa shape index (κ1) is 27.8. The predicted octanol–water partition coefficient (Wildman–Crippen LogP) is 1.66. The lowest BCUT2D eigenvalue weighted by Gasteiger charge is -2.25. The van der Waals surface area contributed by atoms with E-state index in [1.165, 1.54) is 19.1 Å². The SMILES string of the molecule is CC(C)OC(=O)[C@H](C)NP(=O)(OC[C@H]1OC(n2ccc(=O)[nH]c2=O)[C@@](C)(F)[C@H]1O)Oc1ccccc1. The maximum absolute atomic E-state index is 15.4. The lowest BCUT2D eigenvalue weighted by Crippen LogP contribution is -2.43. The van der Waals surface area contributed by atoms with Crippen molar-refractivity contribution in [1.82, 2.24) is 14.6 Å². The van der Waals surface area contributed by atoms with E-state index in [0.29, 0.717) is 0 Å². The lowest BCUT2D eigenvalue weighted by atomic mass is 9.98. The molecule has 14 heteroatoms. The Kier molecular flexibility index (Phi) is 8.52. The van der Waals surface area contributed by atoms with Crippen LogP contribution < -0.4 is 20.9 Å². The van der Waals surface area contributed by atoms with Gasteiger partial charge >= 0.3 is 19.4 Å². The van der Waals surface area contributed by atoms with Crippen molar-refractivity contribution < 1.29 is 37.4 Å². The summed E-state index contributed by atoms with van der Waals surface area (Å²) in [7, 11) is -4.30. The van der Waals surface area contributed by atoms with Gasteiger partial charge in [0.15, 0.2) is 11.9 Å². The molecule has 12 nitrogen and oxygen atoms in total. The molecule has 0 radical (unpaired) electrons. The van der Waals surface area contributed by atoms with Gasteiger partial charge in [-0.2, -0.15) is 5.09 Å². The molecule has 0 spiro atoms. The molecule has 2 aromatic rings. The molecule has 0 aliphatic carbocycles. The molecule has 0 saturated carbocycles. The first-order valence-corrected chi connectivity index (χ1v) is 12.7. The summed E-state index contributed by atoms with van der Waals surface area (Å²) in [5.74, 6) is -0.560. The van der Waals surface area contributed by atoms with E-state index in [4.69, 9.17) is 18.5 Å². The molecule has 6 atom stereocenters. The van der Waals surface area contributed by atoms with Crippen LogP contribution in [0.15, 0.2) is 52.2 Å². The number of benzene rings is 1. The minimum absolute atomic E-state index is 0.152. The number of H-pyrrole nitrogens is 1. The van der Waals surface area contributed by atoms with Crippen molar-refractivity contribution in [3.63, 3.8) is 0 Å². The van der Waals surface area contributed by atoms with Gasteiger partial charge in [-0.1, -0.05) is 18.2 Å². The molecule has 1 aliphatic heterocycles. The summed E-state index contributed by atoms with van der Waals surface area (Å²) in [4.78, 5) is 37.7. The van der Waals surface area contributed by atoms with Crippen LogP contribution in [0.5, 0.6) is 5.75 Å². The molecule has 36 heavy (non-hydrogen) atoms. The third-order valence-corrected chi connectivity index (χ3v) is 6.90. The van der Waals surface area contributed by atoms with Gasteiger partial charge in [0.2, 0.25) is 0 Å². The molecule has 1 aliphatic rings. The number of aliphatic hydroxyl groups excluding tert-OH is 1. The number of carbonyl (C=O) groups is 1. The number of esters is 1. The quantitative estimate of drug-likeness (QED) is 0.305. The number of aromatic nitrogens is 2. The average molecular weight is 529 g/mol. The van der Waals surface area contributed by atoms with E-state index in [-0.39, 0.29) is 5.75 Å². The Morgan fingerprint density at radius 3 is 2.56 bits per heavy atom. The third kappa shape index (κ3) is 6.48. The molecular weight excluding hydrogens is 500 g/mol. The van der Waals surface area contributed by atoms with Crippen molar-refractivity contribution in [2.75, 3.05) is 6.61 Å². The third-order valence-electron chi connectivity index (χ3n) is 5.26. The second-order valence-electron chi connectivity index (χ2n) is 8.67. The first-order valence-electron chi connectivity index (χ1n) is 11.1. The fourth-order valence-electron chi connectivity index (χ4n) is 3.47. The van der Waals surface area contributed by atoms with Crippen molar-refractivity contribution in [3.8, 4) is 5.75 Å². The summed E-state index contributed by atoms with van der Waals surface area (Å²) in [5, 5.41) is 13.0. The molecule has 2 heterocycles. The Balaban J connectivity index is 1.80. The Morgan fingerprint density at radius 1 is 1.28 bits per heavy atom. The molecule has 1 aromatic heterocycles. The number of halogens is 1. The van der Waals surface area contributed by atoms with Crippen LogP contribution in [0.1, 0.15) is 33.9 Å². The van der Waals surface area contributed by atoms with Crippen LogP contribution in [0, 0.1) is 0 Å². The summed E-state index contributed by atoms with van der Waals surface area (Å²) in [5.41, 5.74) is -4.12. The zero-order valence-corrected chi connectivity index (χ0v) is 21.0. The summed E-state index contributed by atoms with van der Waals surface area (Å²) >= 11 is 0. The maximum Gasteiger partial charge on any atom is 0.459 e. The largest absolute Gasteiger partial charge is 0.462 e. The number of hydrogen-bond donors (Lipinski definition) is 3. The van der Waals surface area contributed by atoms with E-state index in [9.17, 15) is 24.1 Å². The van der Waals surface area contributed by atoms with Crippen LogP contribution in [0.3, 0.4) is 0 Å². The molecule has 1 fully saturated rings. The van der Waals surface area contributed by atoms with Gasteiger partial charge < -0.3 is 19.1 Å². The van der Waals surface area contributed by atoms with Gasteiger partial charge in [-0.3, -0.25) is 23.7 Å². The zero-order valence-electron chi connectivity index (χ0n) is 20.1. The molecule has 1 aromatic carbocycles. The molecule has 1 saturated heterocycles. The van der Waals surface area contributed by atoms with Crippen molar-refractivity contribution in [2.24, 2.45) is 0 Å². The van der Waals surface area contributed by atoms with E-state index in [2.05, 4.69) is 5.09 Å². The Bertz CT molecular complexity index is 1220. The summed E-state index contributed by atoms with van der Waals surface area (Å²) < 4.78 is 51.4. The highest BCUT2D eigenvalue weighted by molar-refractivity contribution is 7.52. The topological polar surface area (TPSA) is 158 Å². The standard InChI is InChI=1S/C22H29FN3O9P/c1-13(2)33-19(29)14(3)25-36(31,35-15-8-6-5-7-9-15)32-12-16-18(28)22(4,23)20(34-16)26-11-10-17(27)24-21(26)30/h5-11,13-14,16,18,20,28H,12H2,1-4H3,(H,25,31)(H,24,27,30)/t14-,16+,18-,20?,22-,36?/m0/s1. The Morgan fingerprint density at radius 2 is 1.94 bits per heavy atom. The normalized spacial score (nSPS) is 26.4. The van der Waals surface area contributed by atoms with Crippen molar-refractivity contribution in [3.05, 3.63) is 63.4 Å². The molecule has 0 bridgehead atoms. The summed E-state index contributed by atoms with van der Waals surface area (Å²) in [6, 6.07) is 7.86. The van der Waals surface area contributed by atoms with Gasteiger partial charge in [0.1, 0.15) is 24.0 Å². The molecule has 3 N–H and O–H groups in total. The lowest BCUT2D eigenvalue weighted by molar-refractivity contribution is -0.149. The van der Waals surface area contributed by atoms with Gasteiger partial charge in [0, 0.05) is 12.3 Å². The minimum atomic E-state index is -4.30. The number of alkyl halides is 1. The maximum atomic E-state index is 15.4. The smallest absolute Gasteiger partial charge is 0.459 e. The van der Waals surface area contributed by atoms with E-state index >= 15 is 4.39 Å². The van der Waals surface area contributed by atoms with E-state index in [1.807, 2.05) is 4.98 Å². The molecule has 2 unspecified atom stereocenters. The van der Waals surface area contributed by atoms with Gasteiger partial charge in [-0.25, -0.2) is 13.8 Å². The Labute approximate surface area is 205 Å². The first-order chi connectivity index (χ1) is 16.8. The van der Waals surface area contributed by atoms with Crippen LogP contribution in [-0.4, -0.2) is 57.3 Å². The van der Waals surface area contributed by atoms with E-state index < -0.39 is 67.8 Å². The number of rotatable bonds is 10. The van der Waals surface area contributed by atoms with Crippen molar-refractivity contribution >= 4 is 13.7 Å². The zero-order chi connectivity index (χ0) is 26.7. The number of nitrogens with one attached hydrogen (secondary N) is 2. The molecule has 3 rings (SSSR count). The van der Waals surface area contributed by atoms with Crippen LogP contribution >= 0.6 is 7.75 Å². The number of ether oxygens (including phenoxy) is 2. The van der Waals surface area contributed by atoms with Crippen LogP contribution in [0.2, 0.25) is 0 Å². The highest BCUT2D eigenvalue weighted by Crippen LogP contribution is 2.47. The number of hydrogen-bond acceptors (Lipinski definition) is 9. The number of carbonyl (C=O) groups excluding carboxylic acids is 1. The van der Waals surface area contributed by atoms with E-state index in [0.717, 1.165) is 23.8 Å². The number of nitrogens with zero attached hydrogens (tertiary/aromatic N) is 1. The fourth-order valence-corrected chi connectivity index (χ4v) is 4.97. The molecule has 198 valence electrons. The second-order valence-corrected chi connectivity index (χ2v) is 10.4. The number of aromatic amines is 1. The Hall–Kier alpha value is -2.83. The summed E-state index contributed by atoms with van der Waals surface area (Å²) in [6.07, 6.45) is -4.21. The average Bonchev–Trinajstić information content (AvgIpc) is 3.01. The van der Waals surface area contributed by atoms with Crippen LogP contribution in [0.4, 0.5) is 4.39 Å². The highest BCUT2D eigenvalue weighted by Gasteiger charge is 2.55. The monoisotopic (exact) mass is 529 g/mol. The minimum Gasteiger partial charge on any atom is -0.462 e. The van der Waals surface area contributed by atoms with Crippen LogP contribution in [0.25, 0.3) is 0 Å². The molecule has 0 amide bonds. The highest BCUT2D eigenvalue weighted by atomic mass is 31.2. The van der Waals surface area contributed by atoms with Gasteiger partial charge in [-0.05, 0) is 39.8 Å². The number of aliphatic hydroxyl groups is 1. The fraction of sp³-hybridized carbons (Fsp3) is 0.500. The second kappa shape index (κ2) is 11.1. The summed E-state index contributed by atoms with van der Waals surface area (Å²) in [6.45, 7) is 5.07. The number of para-hydroxylation sites is 1. The van der Waals surface area contributed by atoms with Crippen LogP contribution in [-0.2, 0) is 23.4 Å². The van der Waals surface area contributed by atoms with Gasteiger partial charge in [-0.15, -0.1) is 0 Å². The predicted molar refractivity (Wildman–Crippen MR) is 125 cm³/mol.